The van der Waals surface area contributed by atoms with Gasteiger partial charge in [-0.2, -0.15) is 0 Å². The van der Waals surface area contributed by atoms with Gasteiger partial charge < -0.3 is 25.3 Å². The quantitative estimate of drug-likeness (QED) is 0.374. The minimum Gasteiger partial charge on any atom is -0.870 e. The molecule has 0 saturated carbocycles. The Balaban J connectivity index is 0.000000184. The van der Waals surface area contributed by atoms with Gasteiger partial charge >= 0.3 is 29.6 Å². The Kier molecular flexibility index (Phi) is 6.62. The van der Waals surface area contributed by atoms with E-state index in [0.717, 1.165) is 24.9 Å². The number of ether oxygens (including phenoxy) is 1. The molecule has 166 valence electrons. The fourth-order valence-electron chi connectivity index (χ4n) is 6.25. The van der Waals surface area contributed by atoms with Gasteiger partial charge in [-0.25, -0.2) is 0 Å². The number of fused-ring (bicyclic) bond motifs is 1. The number of rotatable bonds is 0. The maximum Gasteiger partial charge on any atom is 1.00 e. The van der Waals surface area contributed by atoms with Crippen LogP contribution >= 0.6 is 0 Å². The van der Waals surface area contributed by atoms with Crippen LogP contribution in [0.4, 0.5) is 0 Å². The van der Waals surface area contributed by atoms with Crippen LogP contribution in [0.1, 0.15) is 17.5 Å². The normalized spacial score (nSPS) is 30.1. The summed E-state index contributed by atoms with van der Waals surface area (Å²) in [6.07, 6.45) is 6.99. The van der Waals surface area contributed by atoms with E-state index in [-0.39, 0.29) is 52.3 Å². The van der Waals surface area contributed by atoms with Gasteiger partial charge in [0.2, 0.25) is 0 Å². The number of phenols is 1. The molecular formula is C26H27N2NaO4. The van der Waals surface area contributed by atoms with Crippen LogP contribution < -0.4 is 34.3 Å². The number of para-hydroxylation sites is 1. The molecule has 6 nitrogen and oxygen atoms in total. The molecule has 0 unspecified atom stereocenters. The van der Waals surface area contributed by atoms with E-state index in [4.69, 9.17) is 4.74 Å². The molecule has 2 bridgehead atoms. The smallest absolute Gasteiger partial charge is 0.870 e. The van der Waals surface area contributed by atoms with Gasteiger partial charge in [0.05, 0.1) is 5.52 Å². The number of aliphatic hydroxyl groups is 1. The molecular weight excluding hydrogens is 427 g/mol. The van der Waals surface area contributed by atoms with Crippen LogP contribution in [0.3, 0.4) is 0 Å². The van der Waals surface area contributed by atoms with E-state index >= 15 is 0 Å². The fraction of sp³-hybridized carbons (Fsp3) is 0.346. The van der Waals surface area contributed by atoms with Crippen molar-refractivity contribution < 1.29 is 50.0 Å². The summed E-state index contributed by atoms with van der Waals surface area (Å²) in [6.45, 7) is 1.01. The summed E-state index contributed by atoms with van der Waals surface area (Å²) in [4.78, 5) is 6.61. The van der Waals surface area contributed by atoms with Crippen molar-refractivity contribution in [3.63, 3.8) is 0 Å². The average Bonchev–Trinajstić information content (AvgIpc) is 3.16. The number of phenolic OH excluding ortho intramolecular Hbond substituents is 1. The van der Waals surface area contributed by atoms with Crippen LogP contribution in [0.5, 0.6) is 11.5 Å². The third-order valence-electron chi connectivity index (χ3n) is 7.66. The molecule has 7 heteroatoms. The molecule has 1 fully saturated rings. The number of piperidine rings is 1. The molecule has 0 radical (unpaired) electrons. The first-order valence-corrected chi connectivity index (χ1v) is 11.0. The van der Waals surface area contributed by atoms with E-state index < -0.39 is 6.10 Å². The average molecular weight is 455 g/mol. The number of hydrogen-bond acceptors (Lipinski definition) is 6. The SMILES string of the molecule is CN1CC[C@]23c4c5ccc(O)c4O[C@H]2[C@@H](O)C=C[C@H]3[C@H]1C5.[Na+].[OH-].c1ccc2ncccc2c1. The van der Waals surface area contributed by atoms with Gasteiger partial charge in [0.25, 0.3) is 0 Å². The third-order valence-corrected chi connectivity index (χ3v) is 7.66. The largest absolute Gasteiger partial charge is 1.00 e. The number of benzene rings is 2. The molecule has 0 amide bonds. The first-order valence-electron chi connectivity index (χ1n) is 11.0. The standard InChI is InChI=1S/C17H19NO3.C9H7N.Na.H2O/c1-18-7-6-17-10-3-5-13(20)16(17)21-15-12(19)4-2-9(14(15)17)8-11(10)18;1-2-6-9-8(4-1)5-3-7-10-9;;/h2-5,10-11,13,16,19-20H,6-8H2,1H3;1-7H;;1H2/q;;+1;/p-1/t10-,11+,13-,16-,17-;;;/m0.../s1. The van der Waals surface area contributed by atoms with Gasteiger partial charge in [0.1, 0.15) is 12.2 Å². The van der Waals surface area contributed by atoms with E-state index in [1.165, 1.54) is 16.5 Å². The Bertz CT molecular complexity index is 1140. The number of likely N-dealkylation sites (N-methyl/N-ethyl adjacent to an activating group) is 1. The topological polar surface area (TPSA) is 95.8 Å². The summed E-state index contributed by atoms with van der Waals surface area (Å²) in [5, 5.41) is 21.8. The Morgan fingerprint density at radius 3 is 2.70 bits per heavy atom. The predicted molar refractivity (Wildman–Crippen MR) is 121 cm³/mol. The monoisotopic (exact) mass is 454 g/mol. The second-order valence-corrected chi connectivity index (χ2v) is 9.13. The molecule has 3 aromatic rings. The van der Waals surface area contributed by atoms with Crippen molar-refractivity contribution in [1.29, 1.82) is 0 Å². The molecule has 5 atom stereocenters. The molecule has 2 aromatic carbocycles. The molecule has 3 N–H and O–H groups in total. The van der Waals surface area contributed by atoms with Crippen LogP contribution in [0, 0.1) is 5.92 Å². The number of hydrogen-bond donors (Lipinski definition) is 2. The van der Waals surface area contributed by atoms with Crippen LogP contribution in [-0.2, 0) is 11.8 Å². The van der Waals surface area contributed by atoms with Crippen LogP contribution in [0.25, 0.3) is 10.9 Å². The minimum absolute atomic E-state index is 0. The molecule has 7 rings (SSSR count). The first kappa shape index (κ1) is 24.2. The minimum atomic E-state index is -0.594. The zero-order valence-corrected chi connectivity index (χ0v) is 20.9. The van der Waals surface area contributed by atoms with Gasteiger partial charge in [-0.1, -0.05) is 42.5 Å². The molecule has 2 aliphatic carbocycles. The maximum atomic E-state index is 10.4. The Hall–Kier alpha value is -1.93. The van der Waals surface area contributed by atoms with Gasteiger partial charge in [-0.05, 0) is 50.2 Å². The van der Waals surface area contributed by atoms with Crippen molar-refractivity contribution in [2.24, 2.45) is 5.92 Å². The summed E-state index contributed by atoms with van der Waals surface area (Å²) >= 11 is 0. The Morgan fingerprint density at radius 2 is 1.88 bits per heavy atom. The van der Waals surface area contributed by atoms with Gasteiger partial charge in [-0.3, -0.25) is 4.98 Å². The van der Waals surface area contributed by atoms with Crippen LogP contribution in [-0.4, -0.2) is 57.4 Å². The molecule has 2 aliphatic heterocycles. The van der Waals surface area contributed by atoms with Crippen LogP contribution in [0.15, 0.2) is 66.9 Å². The third kappa shape index (κ3) is 3.52. The zero-order valence-electron chi connectivity index (χ0n) is 18.9. The number of nitrogens with zero attached hydrogens (tertiary/aromatic N) is 2. The second kappa shape index (κ2) is 9.02. The van der Waals surface area contributed by atoms with Crippen molar-refractivity contribution >= 4 is 10.9 Å². The molecule has 3 heterocycles. The summed E-state index contributed by atoms with van der Waals surface area (Å²) < 4.78 is 6.09. The molecule has 4 aliphatic rings. The van der Waals surface area contributed by atoms with Gasteiger partial charge in [0, 0.05) is 34.5 Å². The van der Waals surface area contributed by atoms with Crippen molar-refractivity contribution in [2.45, 2.75) is 36.5 Å². The van der Waals surface area contributed by atoms with Crippen molar-refractivity contribution in [2.75, 3.05) is 13.6 Å². The Morgan fingerprint density at radius 1 is 1.09 bits per heavy atom. The second-order valence-electron chi connectivity index (χ2n) is 9.13. The maximum absolute atomic E-state index is 10.4. The van der Waals surface area contributed by atoms with Gasteiger partial charge in [0.15, 0.2) is 11.5 Å². The number of pyridine rings is 1. The van der Waals surface area contributed by atoms with E-state index in [9.17, 15) is 10.2 Å². The first-order chi connectivity index (χ1) is 15.1. The number of likely N-dealkylation sites (tertiary alicyclic amines) is 1. The summed E-state index contributed by atoms with van der Waals surface area (Å²) in [5.41, 5.74) is 3.35. The van der Waals surface area contributed by atoms with Crippen molar-refractivity contribution in [3.8, 4) is 11.5 Å². The fourth-order valence-corrected chi connectivity index (χ4v) is 6.25. The number of aromatic hydroxyl groups is 1. The van der Waals surface area contributed by atoms with E-state index in [2.05, 4.69) is 35.1 Å². The summed E-state index contributed by atoms with van der Waals surface area (Å²) in [6, 6.07) is 16.3. The zero-order chi connectivity index (χ0) is 21.2. The summed E-state index contributed by atoms with van der Waals surface area (Å²) in [5.74, 6) is 1.19. The number of aromatic nitrogens is 1. The molecule has 1 saturated heterocycles. The van der Waals surface area contributed by atoms with E-state index in [1.807, 2.05) is 42.6 Å². The van der Waals surface area contributed by atoms with E-state index in [1.54, 1.807) is 6.07 Å². The molecule has 1 spiro atoms. The molecule has 33 heavy (non-hydrogen) atoms. The Labute approximate surface area is 215 Å². The van der Waals surface area contributed by atoms with E-state index in [0.29, 0.717) is 17.7 Å². The van der Waals surface area contributed by atoms with Crippen molar-refractivity contribution in [3.05, 3.63) is 78.0 Å². The van der Waals surface area contributed by atoms with Crippen molar-refractivity contribution in [1.82, 2.24) is 9.88 Å². The predicted octanol–water partition coefficient (Wildman–Crippen LogP) is 0.260. The summed E-state index contributed by atoms with van der Waals surface area (Å²) in [7, 11) is 2.19. The van der Waals surface area contributed by atoms with Crippen LogP contribution in [0.2, 0.25) is 0 Å². The van der Waals surface area contributed by atoms with Gasteiger partial charge in [-0.15, -0.1) is 0 Å². The number of aliphatic hydroxyl groups excluding tert-OH is 1. The molecule has 1 aromatic heterocycles.